The molecule has 2 aromatic carbocycles. The molecule has 0 spiro atoms. The first kappa shape index (κ1) is 23.5. The third kappa shape index (κ3) is 5.13. The topological polar surface area (TPSA) is 121 Å². The number of ether oxygens (including phenoxy) is 2. The Morgan fingerprint density at radius 3 is 2.37 bits per heavy atom. The molecule has 0 unspecified atom stereocenters. The number of benzene rings is 2. The van der Waals surface area contributed by atoms with Gasteiger partial charge < -0.3 is 14.8 Å². The van der Waals surface area contributed by atoms with Crippen LogP contribution in [0.4, 0.5) is 24.5 Å². The zero-order valence-electron chi connectivity index (χ0n) is 18.2. The van der Waals surface area contributed by atoms with E-state index in [2.05, 4.69) is 15.4 Å². The summed E-state index contributed by atoms with van der Waals surface area (Å²) in [5.41, 5.74) is -1.94. The van der Waals surface area contributed by atoms with E-state index < -0.39 is 22.7 Å². The van der Waals surface area contributed by atoms with E-state index >= 15 is 0 Å². The molecule has 2 heterocycles. The van der Waals surface area contributed by atoms with E-state index in [1.54, 1.807) is 24.3 Å². The van der Waals surface area contributed by atoms with Crippen molar-refractivity contribution in [3.05, 3.63) is 81.8 Å². The summed E-state index contributed by atoms with van der Waals surface area (Å²) in [6.07, 6.45) is -4.72. The van der Waals surface area contributed by atoms with E-state index in [9.17, 15) is 28.1 Å². The second kappa shape index (κ2) is 8.93. The monoisotopic (exact) mass is 487 g/mol. The number of amides is 1. The Kier molecular flexibility index (Phi) is 5.99. The summed E-state index contributed by atoms with van der Waals surface area (Å²) >= 11 is 0. The van der Waals surface area contributed by atoms with Crippen LogP contribution in [0.25, 0.3) is 5.65 Å². The number of carbonyl (C=O) groups excluding carboxylic acids is 1. The standard InChI is InChI=1S/C22H16F3N5O5/c1-12-7-19(22(23,24)25)29-20(26-12)11-18(28-29)21(31)27-13-8-14(30(32)33)10-17(9-13)35-16-5-3-15(34-2)4-6-16/h3-11H,1-2H3,(H,27,31). The summed E-state index contributed by atoms with van der Waals surface area (Å²) in [7, 11) is 1.50. The molecular weight excluding hydrogens is 471 g/mol. The Morgan fingerprint density at radius 2 is 1.74 bits per heavy atom. The van der Waals surface area contributed by atoms with Crippen LogP contribution in [-0.2, 0) is 6.18 Å². The fourth-order valence-electron chi connectivity index (χ4n) is 3.21. The van der Waals surface area contributed by atoms with Crippen molar-refractivity contribution in [2.75, 3.05) is 12.4 Å². The van der Waals surface area contributed by atoms with Crippen molar-refractivity contribution in [3.8, 4) is 17.2 Å². The minimum absolute atomic E-state index is 0.0232. The van der Waals surface area contributed by atoms with Gasteiger partial charge in [-0.1, -0.05) is 0 Å². The fraction of sp³-hybridized carbons (Fsp3) is 0.136. The maximum atomic E-state index is 13.4. The minimum Gasteiger partial charge on any atom is -0.497 e. The van der Waals surface area contributed by atoms with Crippen LogP contribution in [-0.4, -0.2) is 32.5 Å². The van der Waals surface area contributed by atoms with Gasteiger partial charge in [0.15, 0.2) is 11.3 Å². The molecule has 0 saturated heterocycles. The Morgan fingerprint density at radius 1 is 1.06 bits per heavy atom. The summed E-state index contributed by atoms with van der Waals surface area (Å²) < 4.78 is 51.3. The van der Waals surface area contributed by atoms with Gasteiger partial charge in [0.25, 0.3) is 11.6 Å². The molecule has 180 valence electrons. The maximum Gasteiger partial charge on any atom is 0.433 e. The molecule has 35 heavy (non-hydrogen) atoms. The molecule has 4 aromatic rings. The van der Waals surface area contributed by atoms with Crippen molar-refractivity contribution in [1.29, 1.82) is 0 Å². The number of fused-ring (bicyclic) bond motifs is 1. The summed E-state index contributed by atoms with van der Waals surface area (Å²) in [5, 5.41) is 17.5. The van der Waals surface area contributed by atoms with Crippen molar-refractivity contribution >= 4 is 22.9 Å². The molecule has 1 amide bonds. The van der Waals surface area contributed by atoms with Crippen LogP contribution in [0.15, 0.2) is 54.6 Å². The number of non-ortho nitro benzene ring substituents is 1. The quantitative estimate of drug-likeness (QED) is 0.299. The van der Waals surface area contributed by atoms with E-state index in [1.807, 2.05) is 0 Å². The van der Waals surface area contributed by atoms with Crippen molar-refractivity contribution in [1.82, 2.24) is 14.6 Å². The molecular formula is C22H16F3N5O5. The van der Waals surface area contributed by atoms with E-state index in [4.69, 9.17) is 9.47 Å². The number of rotatable bonds is 6. The molecule has 4 rings (SSSR count). The number of aromatic nitrogens is 3. The van der Waals surface area contributed by atoms with Crippen LogP contribution >= 0.6 is 0 Å². The number of hydrogen-bond acceptors (Lipinski definition) is 7. The van der Waals surface area contributed by atoms with Gasteiger partial charge in [-0.15, -0.1) is 0 Å². The third-order valence-corrected chi connectivity index (χ3v) is 4.73. The average molecular weight is 487 g/mol. The van der Waals surface area contributed by atoms with Gasteiger partial charge in [-0.2, -0.15) is 18.3 Å². The van der Waals surface area contributed by atoms with E-state index in [0.717, 1.165) is 24.3 Å². The molecule has 0 saturated carbocycles. The van der Waals surface area contributed by atoms with Crippen LogP contribution < -0.4 is 14.8 Å². The predicted octanol–water partition coefficient (Wildman–Crippen LogP) is 5.02. The Balaban J connectivity index is 1.64. The SMILES string of the molecule is COc1ccc(Oc2cc(NC(=O)c3cc4nc(C)cc(C(F)(F)F)n4n3)cc([N+](=O)[O-])c2)cc1. The number of anilines is 1. The molecule has 0 atom stereocenters. The lowest BCUT2D eigenvalue weighted by Crippen LogP contribution is -2.16. The summed E-state index contributed by atoms with van der Waals surface area (Å²) in [4.78, 5) is 27.4. The van der Waals surface area contributed by atoms with Gasteiger partial charge in [-0.3, -0.25) is 14.9 Å². The van der Waals surface area contributed by atoms with Gasteiger partial charge in [-0.05, 0) is 37.3 Å². The number of aryl methyl sites for hydroxylation is 1. The number of nitro groups is 1. The van der Waals surface area contributed by atoms with Crippen LogP contribution in [0.2, 0.25) is 0 Å². The summed E-state index contributed by atoms with van der Waals surface area (Å²) in [6, 6.07) is 11.9. The number of halogens is 3. The van der Waals surface area contributed by atoms with Gasteiger partial charge >= 0.3 is 6.18 Å². The highest BCUT2D eigenvalue weighted by Crippen LogP contribution is 2.32. The first-order valence-corrected chi connectivity index (χ1v) is 9.91. The van der Waals surface area contributed by atoms with Crippen LogP contribution in [0.1, 0.15) is 21.9 Å². The lowest BCUT2D eigenvalue weighted by atomic mass is 10.2. The second-order valence-electron chi connectivity index (χ2n) is 7.28. The van der Waals surface area contributed by atoms with E-state index in [1.165, 1.54) is 20.1 Å². The summed E-state index contributed by atoms with van der Waals surface area (Å²) in [5.74, 6) is 0.0868. The fourth-order valence-corrected chi connectivity index (χ4v) is 3.21. The number of nitrogens with zero attached hydrogens (tertiary/aromatic N) is 4. The largest absolute Gasteiger partial charge is 0.497 e. The smallest absolute Gasteiger partial charge is 0.433 e. The van der Waals surface area contributed by atoms with E-state index in [-0.39, 0.29) is 34.2 Å². The van der Waals surface area contributed by atoms with Crippen LogP contribution in [0.3, 0.4) is 0 Å². The number of alkyl halides is 3. The van der Waals surface area contributed by atoms with Crippen molar-refractivity contribution < 1.29 is 32.4 Å². The van der Waals surface area contributed by atoms with Crippen LogP contribution in [0.5, 0.6) is 17.2 Å². The first-order chi connectivity index (χ1) is 16.5. The molecule has 0 radical (unpaired) electrons. The molecule has 0 aliphatic heterocycles. The van der Waals surface area contributed by atoms with Crippen molar-refractivity contribution in [2.45, 2.75) is 13.1 Å². The Labute approximate surface area is 195 Å². The minimum atomic E-state index is -4.72. The van der Waals surface area contributed by atoms with Crippen LogP contribution in [0, 0.1) is 17.0 Å². The molecule has 0 aliphatic rings. The number of hydrogen-bond donors (Lipinski definition) is 1. The van der Waals surface area contributed by atoms with Gasteiger partial charge in [-0.25, -0.2) is 9.50 Å². The number of nitro benzene ring substituents is 1. The number of carbonyl (C=O) groups is 1. The third-order valence-electron chi connectivity index (χ3n) is 4.73. The molecule has 1 N–H and O–H groups in total. The van der Waals surface area contributed by atoms with E-state index in [0.29, 0.717) is 16.0 Å². The zero-order chi connectivity index (χ0) is 25.3. The second-order valence-corrected chi connectivity index (χ2v) is 7.28. The lowest BCUT2D eigenvalue weighted by Gasteiger charge is -2.10. The van der Waals surface area contributed by atoms with Crippen molar-refractivity contribution in [2.24, 2.45) is 0 Å². The molecule has 10 nitrogen and oxygen atoms in total. The highest BCUT2D eigenvalue weighted by molar-refractivity contribution is 6.03. The van der Waals surface area contributed by atoms with Gasteiger partial charge in [0.05, 0.1) is 23.8 Å². The van der Waals surface area contributed by atoms with Gasteiger partial charge in [0, 0.05) is 23.9 Å². The molecule has 0 fully saturated rings. The number of methoxy groups -OCH3 is 1. The Bertz CT molecular complexity index is 1430. The maximum absolute atomic E-state index is 13.4. The highest BCUT2D eigenvalue weighted by atomic mass is 19.4. The molecule has 13 heteroatoms. The average Bonchev–Trinajstić information content (AvgIpc) is 3.22. The lowest BCUT2D eigenvalue weighted by molar-refractivity contribution is -0.384. The molecule has 0 aliphatic carbocycles. The van der Waals surface area contributed by atoms with Gasteiger partial charge in [0.2, 0.25) is 0 Å². The highest BCUT2D eigenvalue weighted by Gasteiger charge is 2.35. The zero-order valence-corrected chi connectivity index (χ0v) is 18.2. The van der Waals surface area contributed by atoms with Crippen molar-refractivity contribution in [3.63, 3.8) is 0 Å². The first-order valence-electron chi connectivity index (χ1n) is 9.91. The molecule has 0 bridgehead atoms. The number of nitrogens with one attached hydrogen (secondary N) is 1. The van der Waals surface area contributed by atoms with Gasteiger partial charge in [0.1, 0.15) is 22.9 Å². The summed E-state index contributed by atoms with van der Waals surface area (Å²) in [6.45, 7) is 1.38. The predicted molar refractivity (Wildman–Crippen MR) is 117 cm³/mol. The Hall–Kier alpha value is -4.68. The molecule has 2 aromatic heterocycles. The normalized spacial score (nSPS) is 11.3.